The van der Waals surface area contributed by atoms with Gasteiger partial charge in [0, 0.05) is 35.9 Å². The van der Waals surface area contributed by atoms with Gasteiger partial charge in [-0.15, -0.1) is 0 Å². The van der Waals surface area contributed by atoms with Crippen LogP contribution in [0.5, 0.6) is 5.75 Å². The highest BCUT2D eigenvalue weighted by molar-refractivity contribution is 7.89. The van der Waals surface area contributed by atoms with Crippen LogP contribution in [0.2, 0.25) is 0 Å². The molecule has 0 unspecified atom stereocenters. The summed E-state index contributed by atoms with van der Waals surface area (Å²) in [5.74, 6) is 0.0345. The van der Waals surface area contributed by atoms with Gasteiger partial charge in [-0.05, 0) is 36.8 Å². The molecule has 31 heavy (non-hydrogen) atoms. The van der Waals surface area contributed by atoms with Gasteiger partial charge in [-0.1, -0.05) is 18.2 Å². The number of nitrogens with one attached hydrogen (secondary N) is 2. The predicted octanol–water partition coefficient (Wildman–Crippen LogP) is 2.77. The maximum atomic E-state index is 13.2. The summed E-state index contributed by atoms with van der Waals surface area (Å²) >= 11 is 0. The average Bonchev–Trinajstić information content (AvgIpc) is 3.18. The van der Waals surface area contributed by atoms with Gasteiger partial charge >= 0.3 is 0 Å². The van der Waals surface area contributed by atoms with Crippen LogP contribution in [0, 0.1) is 0 Å². The second-order valence-electron chi connectivity index (χ2n) is 7.20. The molecule has 1 aromatic heterocycles. The number of carbonyl (C=O) groups excluding carboxylic acids is 1. The molecule has 0 atom stereocenters. The van der Waals surface area contributed by atoms with Crippen molar-refractivity contribution in [1.82, 2.24) is 9.29 Å². The standard InChI is InChI=1S/C22H25N3O5S/c1-2-30-20-8-7-17(14-21(20)31(27,28)25-9-11-29-12-10-25)24-22(26)13-16-15-23-19-6-4-3-5-18(16)19/h3-8,14-15,23H,2,9-13H2,1H3,(H,24,26). The molecule has 2 heterocycles. The Kier molecular flexibility index (Phi) is 6.26. The number of anilines is 1. The van der Waals surface area contributed by atoms with Gasteiger partial charge in [0.2, 0.25) is 15.9 Å². The van der Waals surface area contributed by atoms with E-state index in [2.05, 4.69) is 10.3 Å². The molecule has 1 saturated heterocycles. The maximum Gasteiger partial charge on any atom is 0.246 e. The average molecular weight is 444 g/mol. The first-order valence-electron chi connectivity index (χ1n) is 10.2. The SMILES string of the molecule is CCOc1ccc(NC(=O)Cc2c[nH]c3ccccc23)cc1S(=O)(=O)N1CCOCC1. The number of rotatable bonds is 7. The lowest BCUT2D eigenvalue weighted by atomic mass is 10.1. The fraction of sp³-hybridized carbons (Fsp3) is 0.318. The number of hydrogen-bond donors (Lipinski definition) is 2. The minimum Gasteiger partial charge on any atom is -0.492 e. The molecule has 2 aromatic carbocycles. The van der Waals surface area contributed by atoms with Crippen molar-refractivity contribution in [3.8, 4) is 5.75 Å². The quantitative estimate of drug-likeness (QED) is 0.585. The number of ether oxygens (including phenoxy) is 2. The maximum absolute atomic E-state index is 13.2. The molecule has 164 valence electrons. The Hall–Kier alpha value is -2.88. The summed E-state index contributed by atoms with van der Waals surface area (Å²) in [6.45, 7) is 3.39. The topological polar surface area (TPSA) is 101 Å². The molecule has 1 amide bonds. The van der Waals surface area contributed by atoms with Crippen molar-refractivity contribution in [2.24, 2.45) is 0 Å². The molecular formula is C22H25N3O5S. The molecule has 1 fully saturated rings. The molecule has 4 rings (SSSR count). The number of sulfonamides is 1. The van der Waals surface area contributed by atoms with Crippen LogP contribution in [-0.4, -0.2) is 56.5 Å². The highest BCUT2D eigenvalue weighted by atomic mass is 32.2. The highest BCUT2D eigenvalue weighted by Crippen LogP contribution is 2.30. The summed E-state index contributed by atoms with van der Waals surface area (Å²) in [4.78, 5) is 15.9. The number of nitrogens with zero attached hydrogens (tertiary/aromatic N) is 1. The molecule has 1 aliphatic heterocycles. The van der Waals surface area contributed by atoms with Gasteiger partial charge in [-0.2, -0.15) is 4.31 Å². The van der Waals surface area contributed by atoms with E-state index in [-0.39, 0.29) is 36.1 Å². The molecule has 1 aliphatic rings. The molecule has 2 N–H and O–H groups in total. The molecule has 0 aliphatic carbocycles. The second-order valence-corrected chi connectivity index (χ2v) is 9.10. The highest BCUT2D eigenvalue weighted by Gasteiger charge is 2.29. The first-order chi connectivity index (χ1) is 15.0. The van der Waals surface area contributed by atoms with Crippen LogP contribution in [-0.2, 0) is 26.0 Å². The summed E-state index contributed by atoms with van der Waals surface area (Å²) in [6, 6.07) is 12.5. The summed E-state index contributed by atoms with van der Waals surface area (Å²) in [5.41, 5.74) is 2.24. The number of H-pyrrole nitrogens is 1. The van der Waals surface area contributed by atoms with Gasteiger partial charge in [0.1, 0.15) is 10.6 Å². The van der Waals surface area contributed by atoms with E-state index in [9.17, 15) is 13.2 Å². The number of hydrogen-bond acceptors (Lipinski definition) is 5. The monoisotopic (exact) mass is 443 g/mol. The number of carbonyl (C=O) groups is 1. The molecule has 3 aromatic rings. The first kappa shape index (κ1) is 21.4. The fourth-order valence-electron chi connectivity index (χ4n) is 3.64. The summed E-state index contributed by atoms with van der Waals surface area (Å²) < 4.78 is 38.6. The van der Waals surface area contributed by atoms with Gasteiger partial charge in [-0.25, -0.2) is 8.42 Å². The van der Waals surface area contributed by atoms with E-state index in [4.69, 9.17) is 9.47 Å². The third kappa shape index (κ3) is 4.58. The van der Waals surface area contributed by atoms with Crippen LogP contribution in [0.1, 0.15) is 12.5 Å². The Morgan fingerprint density at radius 3 is 2.74 bits per heavy atom. The molecule has 0 radical (unpaired) electrons. The smallest absolute Gasteiger partial charge is 0.246 e. The van der Waals surface area contributed by atoms with E-state index in [0.29, 0.717) is 25.5 Å². The third-order valence-corrected chi connectivity index (χ3v) is 7.06. The van der Waals surface area contributed by atoms with Crippen molar-refractivity contribution in [3.05, 3.63) is 54.2 Å². The molecule has 0 spiro atoms. The van der Waals surface area contributed by atoms with Crippen molar-refractivity contribution < 1.29 is 22.7 Å². The largest absolute Gasteiger partial charge is 0.492 e. The van der Waals surface area contributed by atoms with Gasteiger partial charge in [-0.3, -0.25) is 4.79 Å². The van der Waals surface area contributed by atoms with Crippen molar-refractivity contribution in [2.45, 2.75) is 18.2 Å². The van der Waals surface area contributed by atoms with Crippen LogP contribution in [0.25, 0.3) is 10.9 Å². The van der Waals surface area contributed by atoms with Crippen LogP contribution in [0.15, 0.2) is 53.6 Å². The van der Waals surface area contributed by atoms with Gasteiger partial charge < -0.3 is 19.8 Å². The third-order valence-electron chi connectivity index (χ3n) is 5.14. The minimum atomic E-state index is -3.78. The molecule has 9 heteroatoms. The number of aromatic amines is 1. The molecular weight excluding hydrogens is 418 g/mol. The van der Waals surface area contributed by atoms with Crippen molar-refractivity contribution in [2.75, 3.05) is 38.2 Å². The Labute approximate surface area is 181 Å². The number of benzene rings is 2. The first-order valence-corrected chi connectivity index (χ1v) is 11.6. The molecule has 8 nitrogen and oxygen atoms in total. The lowest BCUT2D eigenvalue weighted by molar-refractivity contribution is -0.115. The van der Waals surface area contributed by atoms with Crippen molar-refractivity contribution >= 4 is 32.5 Å². The van der Waals surface area contributed by atoms with E-state index in [1.54, 1.807) is 19.1 Å². The number of aromatic nitrogens is 1. The van der Waals surface area contributed by atoms with Crippen LogP contribution < -0.4 is 10.1 Å². The number of para-hydroxylation sites is 1. The van der Waals surface area contributed by atoms with Crippen molar-refractivity contribution in [3.63, 3.8) is 0 Å². The van der Waals surface area contributed by atoms with Crippen LogP contribution in [0.3, 0.4) is 0 Å². The van der Waals surface area contributed by atoms with E-state index < -0.39 is 10.0 Å². The van der Waals surface area contributed by atoms with E-state index >= 15 is 0 Å². The van der Waals surface area contributed by atoms with E-state index in [1.807, 2.05) is 30.5 Å². The number of morpholine rings is 1. The molecule has 0 saturated carbocycles. The van der Waals surface area contributed by atoms with E-state index in [1.165, 1.54) is 10.4 Å². The lowest BCUT2D eigenvalue weighted by Crippen LogP contribution is -2.40. The summed E-state index contributed by atoms with van der Waals surface area (Å²) in [6.07, 6.45) is 1.99. The zero-order valence-corrected chi connectivity index (χ0v) is 18.1. The normalized spacial score (nSPS) is 15.1. The Morgan fingerprint density at radius 1 is 1.19 bits per heavy atom. The Morgan fingerprint density at radius 2 is 1.97 bits per heavy atom. The van der Waals surface area contributed by atoms with Gasteiger partial charge in [0.25, 0.3) is 0 Å². The fourth-order valence-corrected chi connectivity index (χ4v) is 5.21. The van der Waals surface area contributed by atoms with Gasteiger partial charge in [0.15, 0.2) is 0 Å². The zero-order chi connectivity index (χ0) is 21.8. The van der Waals surface area contributed by atoms with Crippen LogP contribution in [0.4, 0.5) is 5.69 Å². The Bertz CT molecular complexity index is 1180. The summed E-state index contributed by atoms with van der Waals surface area (Å²) in [7, 11) is -3.78. The van der Waals surface area contributed by atoms with Gasteiger partial charge in [0.05, 0.1) is 26.2 Å². The predicted molar refractivity (Wildman–Crippen MR) is 118 cm³/mol. The van der Waals surface area contributed by atoms with E-state index in [0.717, 1.165) is 16.5 Å². The molecule has 0 bridgehead atoms. The second kappa shape index (κ2) is 9.09. The Balaban J connectivity index is 1.57. The van der Waals surface area contributed by atoms with Crippen LogP contribution >= 0.6 is 0 Å². The number of fused-ring (bicyclic) bond motifs is 1. The minimum absolute atomic E-state index is 0.0427. The van der Waals surface area contributed by atoms with Crippen molar-refractivity contribution in [1.29, 1.82) is 0 Å². The summed E-state index contributed by atoms with van der Waals surface area (Å²) in [5, 5.41) is 3.80. The number of amides is 1. The zero-order valence-electron chi connectivity index (χ0n) is 17.3. The lowest BCUT2D eigenvalue weighted by Gasteiger charge is -2.27.